The fourth-order valence-corrected chi connectivity index (χ4v) is 1.92. The summed E-state index contributed by atoms with van der Waals surface area (Å²) in [6, 6.07) is 6.18. The van der Waals surface area contributed by atoms with Gasteiger partial charge in [-0.2, -0.15) is 0 Å². The maximum atomic E-state index is 12.0. The van der Waals surface area contributed by atoms with Gasteiger partial charge in [-0.1, -0.05) is 25.4 Å². The van der Waals surface area contributed by atoms with Crippen molar-refractivity contribution in [3.8, 4) is 5.75 Å². The molecule has 1 aromatic carbocycles. The van der Waals surface area contributed by atoms with Gasteiger partial charge < -0.3 is 10.1 Å². The number of amides is 3. The molecule has 0 aromatic heterocycles. The molecule has 0 radical (unpaired) electrons. The van der Waals surface area contributed by atoms with Crippen LogP contribution in [0.2, 0.25) is 5.02 Å². The van der Waals surface area contributed by atoms with Crippen LogP contribution in [0.25, 0.3) is 0 Å². The second-order valence-electron chi connectivity index (χ2n) is 6.05. The Morgan fingerprint density at radius 1 is 1.21 bits per heavy atom. The molecule has 24 heavy (non-hydrogen) atoms. The second-order valence-corrected chi connectivity index (χ2v) is 6.49. The molecule has 1 aromatic rings. The quantitative estimate of drug-likeness (QED) is 0.751. The lowest BCUT2D eigenvalue weighted by Crippen LogP contribution is -2.49. The molecule has 0 saturated carbocycles. The molecule has 2 N–H and O–H groups in total. The highest BCUT2D eigenvalue weighted by Crippen LogP contribution is 2.15. The zero-order chi connectivity index (χ0) is 18.1. The van der Waals surface area contributed by atoms with Crippen molar-refractivity contribution in [3.63, 3.8) is 0 Å². The van der Waals surface area contributed by atoms with Gasteiger partial charge in [-0.25, -0.2) is 4.79 Å². The Morgan fingerprint density at radius 3 is 2.42 bits per heavy atom. The molecule has 0 bridgehead atoms. The van der Waals surface area contributed by atoms with E-state index in [1.165, 1.54) is 0 Å². The predicted molar refractivity (Wildman–Crippen MR) is 95.4 cm³/mol. The SMILES string of the molecule is CC(C)CNC(=O)NC(=O)[C@H](C)N(C)CCOc1ccc(Cl)cc1. The summed E-state index contributed by atoms with van der Waals surface area (Å²) in [5.41, 5.74) is 0. The lowest BCUT2D eigenvalue weighted by atomic mass is 10.2. The molecule has 3 amide bonds. The highest BCUT2D eigenvalue weighted by molar-refractivity contribution is 6.30. The summed E-state index contributed by atoms with van der Waals surface area (Å²) >= 11 is 5.81. The number of benzene rings is 1. The second kappa shape index (κ2) is 10.2. The minimum atomic E-state index is -0.466. The van der Waals surface area contributed by atoms with Gasteiger partial charge >= 0.3 is 6.03 Å². The maximum absolute atomic E-state index is 12.0. The van der Waals surface area contributed by atoms with Gasteiger partial charge in [-0.3, -0.25) is 15.0 Å². The van der Waals surface area contributed by atoms with Crippen molar-refractivity contribution >= 4 is 23.5 Å². The molecule has 0 aliphatic carbocycles. The Kier molecular flexibility index (Phi) is 8.57. The summed E-state index contributed by atoms with van der Waals surface area (Å²) in [6.45, 7) is 7.21. The number of nitrogens with zero attached hydrogens (tertiary/aromatic N) is 1. The van der Waals surface area contributed by atoms with Gasteiger partial charge in [0, 0.05) is 18.1 Å². The number of carbonyl (C=O) groups excluding carboxylic acids is 2. The lowest BCUT2D eigenvalue weighted by molar-refractivity contribution is -0.124. The van der Waals surface area contributed by atoms with E-state index in [0.29, 0.717) is 30.6 Å². The highest BCUT2D eigenvalue weighted by atomic mass is 35.5. The number of carbonyl (C=O) groups is 2. The lowest BCUT2D eigenvalue weighted by Gasteiger charge is -2.23. The van der Waals surface area contributed by atoms with Gasteiger partial charge in [0.05, 0.1) is 6.04 Å². The Labute approximate surface area is 148 Å². The Bertz CT molecular complexity index is 534. The molecule has 0 aliphatic heterocycles. The van der Waals surface area contributed by atoms with E-state index in [4.69, 9.17) is 16.3 Å². The van der Waals surface area contributed by atoms with Crippen molar-refractivity contribution < 1.29 is 14.3 Å². The van der Waals surface area contributed by atoms with Crippen molar-refractivity contribution in [3.05, 3.63) is 29.3 Å². The minimum absolute atomic E-state index is 0.330. The molecule has 0 saturated heterocycles. The molecule has 7 heteroatoms. The van der Waals surface area contributed by atoms with Crippen molar-refractivity contribution in [2.24, 2.45) is 5.92 Å². The number of imide groups is 1. The summed E-state index contributed by atoms with van der Waals surface area (Å²) in [6.07, 6.45) is 0. The summed E-state index contributed by atoms with van der Waals surface area (Å²) in [5.74, 6) is 0.708. The average Bonchev–Trinajstić information content (AvgIpc) is 2.53. The third-order valence-corrected chi connectivity index (χ3v) is 3.73. The Balaban J connectivity index is 2.32. The van der Waals surface area contributed by atoms with Crippen molar-refractivity contribution in [1.82, 2.24) is 15.5 Å². The van der Waals surface area contributed by atoms with E-state index in [1.54, 1.807) is 31.2 Å². The van der Waals surface area contributed by atoms with Gasteiger partial charge in [0.25, 0.3) is 0 Å². The van der Waals surface area contributed by atoms with Crippen molar-refractivity contribution in [2.45, 2.75) is 26.8 Å². The van der Waals surface area contributed by atoms with Gasteiger partial charge in [-0.05, 0) is 44.2 Å². The number of rotatable bonds is 8. The fourth-order valence-electron chi connectivity index (χ4n) is 1.79. The number of likely N-dealkylation sites (N-methyl/N-ethyl adjacent to an activating group) is 1. The van der Waals surface area contributed by atoms with Gasteiger partial charge in [0.2, 0.25) is 5.91 Å². The minimum Gasteiger partial charge on any atom is -0.492 e. The molecular formula is C17H26ClN3O3. The summed E-state index contributed by atoms with van der Waals surface area (Å²) in [5, 5.41) is 5.65. The van der Waals surface area contributed by atoms with Crippen LogP contribution in [0, 0.1) is 5.92 Å². The number of ether oxygens (including phenoxy) is 1. The van der Waals surface area contributed by atoms with E-state index in [0.717, 1.165) is 5.75 Å². The van der Waals surface area contributed by atoms with Gasteiger partial charge in [0.1, 0.15) is 12.4 Å². The zero-order valence-electron chi connectivity index (χ0n) is 14.6. The topological polar surface area (TPSA) is 70.7 Å². The van der Waals surface area contributed by atoms with E-state index >= 15 is 0 Å². The molecule has 0 fully saturated rings. The standard InChI is InChI=1S/C17H26ClN3O3/c1-12(2)11-19-17(23)20-16(22)13(3)21(4)9-10-24-15-7-5-14(18)6-8-15/h5-8,12-13H,9-11H2,1-4H3,(H2,19,20,22,23)/t13-/m0/s1. The molecule has 1 rings (SSSR count). The predicted octanol–water partition coefficient (Wildman–Crippen LogP) is 2.52. The Morgan fingerprint density at radius 2 is 1.83 bits per heavy atom. The van der Waals surface area contributed by atoms with Crippen LogP contribution in [-0.4, -0.2) is 49.6 Å². The molecule has 0 heterocycles. The van der Waals surface area contributed by atoms with Gasteiger partial charge in [-0.15, -0.1) is 0 Å². The summed E-state index contributed by atoms with van der Waals surface area (Å²) in [7, 11) is 1.81. The first-order valence-electron chi connectivity index (χ1n) is 7.97. The first-order chi connectivity index (χ1) is 11.3. The molecule has 6 nitrogen and oxygen atoms in total. The third kappa shape index (κ3) is 7.66. The van der Waals surface area contributed by atoms with E-state index in [1.807, 2.05) is 25.8 Å². The zero-order valence-corrected chi connectivity index (χ0v) is 15.4. The van der Waals surface area contributed by atoms with Crippen LogP contribution in [0.4, 0.5) is 4.79 Å². The van der Waals surface area contributed by atoms with Crippen LogP contribution in [-0.2, 0) is 4.79 Å². The van der Waals surface area contributed by atoms with Crippen LogP contribution in [0.5, 0.6) is 5.75 Å². The summed E-state index contributed by atoms with van der Waals surface area (Å²) in [4.78, 5) is 25.5. The molecule has 0 spiro atoms. The van der Waals surface area contributed by atoms with Crippen LogP contribution >= 0.6 is 11.6 Å². The maximum Gasteiger partial charge on any atom is 0.321 e. The number of hydrogen-bond acceptors (Lipinski definition) is 4. The molecular weight excluding hydrogens is 330 g/mol. The monoisotopic (exact) mass is 355 g/mol. The van der Waals surface area contributed by atoms with Gasteiger partial charge in [0.15, 0.2) is 0 Å². The van der Waals surface area contributed by atoms with Crippen molar-refractivity contribution in [2.75, 3.05) is 26.7 Å². The third-order valence-electron chi connectivity index (χ3n) is 3.47. The normalized spacial score (nSPS) is 12.1. The van der Waals surface area contributed by atoms with Crippen LogP contribution in [0.1, 0.15) is 20.8 Å². The molecule has 0 unspecified atom stereocenters. The first-order valence-corrected chi connectivity index (χ1v) is 8.34. The van der Waals surface area contributed by atoms with Crippen LogP contribution in [0.3, 0.4) is 0 Å². The number of urea groups is 1. The van der Waals surface area contributed by atoms with Crippen LogP contribution < -0.4 is 15.4 Å². The molecule has 0 aliphatic rings. The van der Waals surface area contributed by atoms with Crippen LogP contribution in [0.15, 0.2) is 24.3 Å². The highest BCUT2D eigenvalue weighted by Gasteiger charge is 2.19. The number of hydrogen-bond donors (Lipinski definition) is 2. The first kappa shape index (κ1) is 20.3. The fraction of sp³-hybridized carbons (Fsp3) is 0.529. The largest absolute Gasteiger partial charge is 0.492 e. The number of nitrogens with one attached hydrogen (secondary N) is 2. The molecule has 134 valence electrons. The van der Waals surface area contributed by atoms with E-state index in [9.17, 15) is 9.59 Å². The smallest absolute Gasteiger partial charge is 0.321 e. The van der Waals surface area contributed by atoms with Crippen molar-refractivity contribution in [1.29, 1.82) is 0 Å². The number of halogens is 1. The average molecular weight is 356 g/mol. The van der Waals surface area contributed by atoms with E-state index < -0.39 is 12.1 Å². The van der Waals surface area contributed by atoms with E-state index in [-0.39, 0.29) is 5.91 Å². The Hall–Kier alpha value is -1.79. The van der Waals surface area contributed by atoms with E-state index in [2.05, 4.69) is 10.6 Å². The summed E-state index contributed by atoms with van der Waals surface area (Å²) < 4.78 is 5.60. The molecule has 1 atom stereocenters.